The molecule has 0 aliphatic carbocycles. The Bertz CT molecular complexity index is 1340. The van der Waals surface area contributed by atoms with Gasteiger partial charge in [-0.3, -0.25) is 0 Å². The number of aromatic nitrogens is 5. The number of alkyl halides is 3. The minimum absolute atomic E-state index is 0.0947. The van der Waals surface area contributed by atoms with Crippen molar-refractivity contribution >= 4 is 10.9 Å². The van der Waals surface area contributed by atoms with Crippen LogP contribution in [0.2, 0.25) is 0 Å². The third-order valence-electron chi connectivity index (χ3n) is 5.17. The van der Waals surface area contributed by atoms with Crippen LogP contribution in [0.25, 0.3) is 22.2 Å². The first-order valence-electron chi connectivity index (χ1n) is 9.60. The van der Waals surface area contributed by atoms with Gasteiger partial charge in [0.25, 0.3) is 0 Å². The van der Waals surface area contributed by atoms with Crippen molar-refractivity contribution in [3.8, 4) is 17.3 Å². The second-order valence-electron chi connectivity index (χ2n) is 7.28. The highest BCUT2D eigenvalue weighted by molar-refractivity contribution is 5.94. The Morgan fingerprint density at radius 1 is 1.22 bits per heavy atom. The van der Waals surface area contributed by atoms with Crippen LogP contribution in [0.15, 0.2) is 41.1 Å². The molecule has 0 saturated heterocycles. The van der Waals surface area contributed by atoms with Crippen molar-refractivity contribution in [1.29, 1.82) is 5.26 Å². The van der Waals surface area contributed by atoms with Gasteiger partial charge in [-0.2, -0.15) is 18.4 Å². The quantitative estimate of drug-likeness (QED) is 0.499. The van der Waals surface area contributed by atoms with E-state index in [1.807, 2.05) is 6.07 Å². The second kappa shape index (κ2) is 7.72. The molecule has 0 fully saturated rings. The summed E-state index contributed by atoms with van der Waals surface area (Å²) >= 11 is 0. The summed E-state index contributed by atoms with van der Waals surface area (Å²) in [7, 11) is 0. The number of hydrogen-bond donors (Lipinski definition) is 1. The fraction of sp³-hybridized carbons (Fsp3) is 0.286. The van der Waals surface area contributed by atoms with Gasteiger partial charge in [0.15, 0.2) is 5.89 Å². The first kappa shape index (κ1) is 21.5. The predicted molar refractivity (Wildman–Crippen MR) is 106 cm³/mol. The lowest BCUT2D eigenvalue weighted by molar-refractivity contribution is -0.269. The van der Waals surface area contributed by atoms with Gasteiger partial charge >= 0.3 is 6.18 Å². The summed E-state index contributed by atoms with van der Waals surface area (Å²) in [5.41, 5.74) is -1.03. The average Bonchev–Trinajstić information content (AvgIpc) is 3.40. The average molecular weight is 442 g/mol. The zero-order valence-corrected chi connectivity index (χ0v) is 17.1. The number of fused-ring (bicyclic) bond motifs is 1. The summed E-state index contributed by atoms with van der Waals surface area (Å²) in [4.78, 5) is 8.63. The van der Waals surface area contributed by atoms with E-state index in [0.717, 1.165) is 11.6 Å². The molecule has 0 aliphatic heterocycles. The van der Waals surface area contributed by atoms with E-state index in [1.165, 1.54) is 17.9 Å². The maximum Gasteiger partial charge on any atom is 0.423 e. The highest BCUT2D eigenvalue weighted by Crippen LogP contribution is 2.40. The zero-order valence-electron chi connectivity index (χ0n) is 17.1. The molecule has 4 rings (SSSR count). The van der Waals surface area contributed by atoms with Crippen molar-refractivity contribution in [3.05, 3.63) is 59.6 Å². The van der Waals surface area contributed by atoms with E-state index in [1.54, 1.807) is 31.2 Å². The molecule has 3 aromatic heterocycles. The summed E-state index contributed by atoms with van der Waals surface area (Å²) in [6, 6.07) is 8.90. The number of benzene rings is 1. The van der Waals surface area contributed by atoms with E-state index in [0.29, 0.717) is 28.2 Å². The van der Waals surface area contributed by atoms with Crippen molar-refractivity contribution < 1.29 is 22.7 Å². The third kappa shape index (κ3) is 3.69. The highest BCUT2D eigenvalue weighted by Gasteiger charge is 2.55. The van der Waals surface area contributed by atoms with Crippen molar-refractivity contribution in [2.24, 2.45) is 0 Å². The van der Waals surface area contributed by atoms with Gasteiger partial charge in [0.1, 0.15) is 29.4 Å². The molecule has 4 aromatic rings. The number of aryl methyl sites for hydroxylation is 1. The summed E-state index contributed by atoms with van der Waals surface area (Å²) in [6.07, 6.45) is -2.90. The van der Waals surface area contributed by atoms with Gasteiger partial charge in [-0.1, -0.05) is 24.3 Å². The maximum absolute atomic E-state index is 13.3. The lowest BCUT2D eigenvalue weighted by Gasteiger charge is -2.26. The van der Waals surface area contributed by atoms with Crippen LogP contribution in [0.1, 0.15) is 36.2 Å². The SMILES string of the molecule is CCC(O)(c1cn(Cc2ccc3c(-c4coc(C)n4)cc(C#N)nc3c2)nn1)C(F)(F)F. The van der Waals surface area contributed by atoms with Crippen molar-refractivity contribution in [2.45, 2.75) is 38.6 Å². The largest absolute Gasteiger partial charge is 0.449 e. The molecule has 0 saturated carbocycles. The number of aliphatic hydroxyl groups is 1. The highest BCUT2D eigenvalue weighted by atomic mass is 19.4. The molecule has 8 nitrogen and oxygen atoms in total. The molecule has 0 amide bonds. The normalized spacial score (nSPS) is 13.8. The Labute approximate surface area is 179 Å². The van der Waals surface area contributed by atoms with Crippen LogP contribution in [0.4, 0.5) is 13.2 Å². The molecule has 3 heterocycles. The van der Waals surface area contributed by atoms with Gasteiger partial charge in [0, 0.05) is 17.9 Å². The van der Waals surface area contributed by atoms with E-state index < -0.39 is 23.9 Å². The minimum atomic E-state index is -4.88. The molecule has 0 aliphatic rings. The van der Waals surface area contributed by atoms with Crippen LogP contribution < -0.4 is 0 Å². The number of hydrogen-bond acceptors (Lipinski definition) is 7. The number of oxazole rings is 1. The molecular formula is C21H17F3N6O2. The predicted octanol–water partition coefficient (Wildman–Crippen LogP) is 3.87. The number of nitrogens with zero attached hydrogens (tertiary/aromatic N) is 6. The summed E-state index contributed by atoms with van der Waals surface area (Å²) in [5.74, 6) is 0.480. The smallest absolute Gasteiger partial charge is 0.423 e. The fourth-order valence-electron chi connectivity index (χ4n) is 3.41. The van der Waals surface area contributed by atoms with E-state index in [2.05, 4.69) is 20.3 Å². The summed E-state index contributed by atoms with van der Waals surface area (Å²) in [5, 5.41) is 27.4. The first-order chi connectivity index (χ1) is 15.1. The van der Waals surface area contributed by atoms with Crippen LogP contribution in [-0.4, -0.2) is 36.2 Å². The van der Waals surface area contributed by atoms with Gasteiger partial charge < -0.3 is 9.52 Å². The van der Waals surface area contributed by atoms with Gasteiger partial charge in [0.05, 0.1) is 18.3 Å². The lowest BCUT2D eigenvalue weighted by Crippen LogP contribution is -2.42. The third-order valence-corrected chi connectivity index (χ3v) is 5.17. The molecule has 32 heavy (non-hydrogen) atoms. The molecule has 1 N–H and O–H groups in total. The van der Waals surface area contributed by atoms with Crippen molar-refractivity contribution in [2.75, 3.05) is 0 Å². The number of rotatable bonds is 5. The van der Waals surface area contributed by atoms with Gasteiger partial charge in [-0.25, -0.2) is 14.6 Å². The van der Waals surface area contributed by atoms with E-state index in [-0.39, 0.29) is 12.2 Å². The minimum Gasteiger partial charge on any atom is -0.449 e. The van der Waals surface area contributed by atoms with Crippen LogP contribution in [0.3, 0.4) is 0 Å². The van der Waals surface area contributed by atoms with Crippen molar-refractivity contribution in [3.63, 3.8) is 0 Å². The Morgan fingerprint density at radius 3 is 2.62 bits per heavy atom. The lowest BCUT2D eigenvalue weighted by atomic mass is 9.96. The van der Waals surface area contributed by atoms with Crippen LogP contribution in [0, 0.1) is 18.3 Å². The van der Waals surface area contributed by atoms with Gasteiger partial charge in [0.2, 0.25) is 5.60 Å². The standard InChI is InChI=1S/C21H17F3N6O2/c1-3-20(31,21(22,23)24)19-10-30(29-28-19)9-13-4-5-15-16(18-11-32-12(2)26-18)7-14(8-25)27-17(15)6-13/h4-7,10-11,31H,3,9H2,1-2H3. The number of nitriles is 1. The molecule has 1 atom stereocenters. The van der Waals surface area contributed by atoms with Gasteiger partial charge in [-0.15, -0.1) is 5.10 Å². The van der Waals surface area contributed by atoms with E-state index >= 15 is 0 Å². The molecule has 1 aromatic carbocycles. The summed E-state index contributed by atoms with van der Waals surface area (Å²) in [6.45, 7) is 3.03. The van der Waals surface area contributed by atoms with Crippen LogP contribution in [0.5, 0.6) is 0 Å². The second-order valence-corrected chi connectivity index (χ2v) is 7.28. The van der Waals surface area contributed by atoms with E-state index in [4.69, 9.17) is 4.42 Å². The molecule has 1 unspecified atom stereocenters. The topological polar surface area (TPSA) is 114 Å². The zero-order chi connectivity index (χ0) is 23.1. The molecule has 0 bridgehead atoms. The fourth-order valence-corrected chi connectivity index (χ4v) is 3.41. The van der Waals surface area contributed by atoms with Gasteiger partial charge in [-0.05, 0) is 24.1 Å². The Balaban J connectivity index is 1.70. The summed E-state index contributed by atoms with van der Waals surface area (Å²) < 4.78 is 46.3. The van der Waals surface area contributed by atoms with E-state index in [9.17, 15) is 23.5 Å². The molecule has 11 heteroatoms. The Hall–Kier alpha value is -3.78. The number of halogens is 3. The van der Waals surface area contributed by atoms with Crippen LogP contribution >= 0.6 is 0 Å². The molecule has 164 valence electrons. The molecule has 0 radical (unpaired) electrons. The van der Waals surface area contributed by atoms with Crippen LogP contribution in [-0.2, 0) is 12.1 Å². The Morgan fingerprint density at radius 2 is 2.00 bits per heavy atom. The first-order valence-corrected chi connectivity index (χ1v) is 9.60. The Kier molecular flexibility index (Phi) is 5.18. The molecule has 0 spiro atoms. The molecular weight excluding hydrogens is 425 g/mol. The maximum atomic E-state index is 13.3. The monoisotopic (exact) mass is 442 g/mol. The van der Waals surface area contributed by atoms with Crippen molar-refractivity contribution in [1.82, 2.24) is 25.0 Å². The number of pyridine rings is 1.